The molecule has 0 spiro atoms. The van der Waals surface area contributed by atoms with Crippen molar-refractivity contribution in [2.24, 2.45) is 5.92 Å². The molecule has 1 aromatic carbocycles. The van der Waals surface area contributed by atoms with Gasteiger partial charge in [-0.1, -0.05) is 53.2 Å². The topological polar surface area (TPSA) is 0 Å². The predicted octanol–water partition coefficient (Wildman–Crippen LogP) is 4.19. The minimum absolute atomic E-state index is 0.662. The summed E-state index contributed by atoms with van der Waals surface area (Å²) in [6.07, 6.45) is 3.71. The smallest absolute Gasteiger partial charge is 0.00379 e. The molecule has 0 unspecified atom stereocenters. The van der Waals surface area contributed by atoms with E-state index in [1.165, 1.54) is 10.9 Å². The Kier molecular flexibility index (Phi) is 1.85. The number of halogens is 1. The second-order valence-corrected chi connectivity index (χ2v) is 5.33. The lowest BCUT2D eigenvalue weighted by molar-refractivity contribution is 0.498. The Morgan fingerprint density at radius 2 is 1.93 bits per heavy atom. The van der Waals surface area contributed by atoms with E-state index in [1.807, 2.05) is 0 Å². The number of benzene rings is 1. The minimum atomic E-state index is 0.662. The van der Waals surface area contributed by atoms with Crippen LogP contribution in [0.1, 0.15) is 36.3 Å². The maximum atomic E-state index is 3.69. The highest BCUT2D eigenvalue weighted by Crippen LogP contribution is 2.53. The molecule has 2 aliphatic carbocycles. The van der Waals surface area contributed by atoms with E-state index in [4.69, 9.17) is 0 Å². The van der Waals surface area contributed by atoms with Crippen LogP contribution in [0.5, 0.6) is 0 Å². The zero-order valence-corrected chi connectivity index (χ0v) is 9.79. The molecule has 0 aliphatic heterocycles. The molecule has 3 rings (SSSR count). The van der Waals surface area contributed by atoms with Gasteiger partial charge in [0.25, 0.3) is 0 Å². The maximum absolute atomic E-state index is 3.69. The molecule has 72 valence electrons. The second-order valence-electron chi connectivity index (χ2n) is 4.42. The maximum Gasteiger partial charge on any atom is 0.00379 e. The fourth-order valence-electron chi connectivity index (χ4n) is 2.88. The molecule has 0 fully saturated rings. The Morgan fingerprint density at radius 3 is 2.71 bits per heavy atom. The molecular weight excluding hydrogens is 236 g/mol. The molecule has 0 N–H and O–H groups in total. The van der Waals surface area contributed by atoms with Gasteiger partial charge in [0.05, 0.1) is 0 Å². The fourth-order valence-corrected chi connectivity index (χ4v) is 3.52. The third-order valence-corrected chi connectivity index (χ3v) is 4.69. The lowest BCUT2D eigenvalue weighted by Gasteiger charge is -2.24. The summed E-state index contributed by atoms with van der Waals surface area (Å²) in [6.45, 7) is 2.32. The van der Waals surface area contributed by atoms with E-state index < -0.39 is 0 Å². The largest absolute Gasteiger partial charge is 0.0665 e. The summed E-state index contributed by atoms with van der Waals surface area (Å²) in [6, 6.07) is 8.91. The van der Waals surface area contributed by atoms with Gasteiger partial charge in [-0.05, 0) is 33.9 Å². The molecule has 0 radical (unpaired) electrons. The standard InChI is InChI=1S/C13H13Br/c1-8-12-6-9(7-13(8)14)10-4-2-3-5-11(10)12/h2-5,7-9,12H,6H2,1H3/t8-,9+,12-/m0/s1. The van der Waals surface area contributed by atoms with Crippen LogP contribution in [0.4, 0.5) is 0 Å². The van der Waals surface area contributed by atoms with Crippen molar-refractivity contribution in [2.45, 2.75) is 25.2 Å². The zero-order chi connectivity index (χ0) is 9.71. The van der Waals surface area contributed by atoms with Crippen molar-refractivity contribution >= 4 is 15.9 Å². The molecule has 14 heavy (non-hydrogen) atoms. The van der Waals surface area contributed by atoms with Crippen molar-refractivity contribution in [3.8, 4) is 0 Å². The summed E-state index contributed by atoms with van der Waals surface area (Å²) in [4.78, 5) is 0. The van der Waals surface area contributed by atoms with E-state index in [0.717, 1.165) is 5.92 Å². The van der Waals surface area contributed by atoms with Crippen LogP contribution in [-0.4, -0.2) is 0 Å². The second kappa shape index (κ2) is 2.96. The molecule has 0 heterocycles. The van der Waals surface area contributed by atoms with Gasteiger partial charge in [0, 0.05) is 5.92 Å². The molecule has 3 atom stereocenters. The summed E-state index contributed by atoms with van der Waals surface area (Å²) >= 11 is 3.69. The Hall–Kier alpha value is -0.560. The van der Waals surface area contributed by atoms with E-state index in [1.54, 1.807) is 11.1 Å². The van der Waals surface area contributed by atoms with Crippen LogP contribution in [0.2, 0.25) is 0 Å². The predicted molar refractivity (Wildman–Crippen MR) is 62.7 cm³/mol. The Labute approximate surface area is 93.2 Å². The van der Waals surface area contributed by atoms with E-state index in [-0.39, 0.29) is 0 Å². The monoisotopic (exact) mass is 248 g/mol. The number of hydrogen-bond donors (Lipinski definition) is 0. The average molecular weight is 249 g/mol. The van der Waals surface area contributed by atoms with Crippen molar-refractivity contribution in [1.29, 1.82) is 0 Å². The lowest BCUT2D eigenvalue weighted by Crippen LogP contribution is -2.10. The number of hydrogen-bond acceptors (Lipinski definition) is 0. The third kappa shape index (κ3) is 1.05. The van der Waals surface area contributed by atoms with E-state index in [2.05, 4.69) is 53.2 Å². The first-order valence-electron chi connectivity index (χ1n) is 5.23. The van der Waals surface area contributed by atoms with Crippen LogP contribution in [0, 0.1) is 5.92 Å². The SMILES string of the molecule is C[C@@H]1C(Br)=C[C@H]2C[C@@H]1c1ccccc12. The van der Waals surface area contributed by atoms with Gasteiger partial charge in [-0.3, -0.25) is 0 Å². The van der Waals surface area contributed by atoms with Crippen molar-refractivity contribution in [3.05, 3.63) is 46.0 Å². The lowest BCUT2D eigenvalue weighted by atomic mass is 9.84. The van der Waals surface area contributed by atoms with Gasteiger partial charge in [0.1, 0.15) is 0 Å². The summed E-state index contributed by atoms with van der Waals surface area (Å²) in [5.41, 5.74) is 3.13. The van der Waals surface area contributed by atoms with Crippen LogP contribution in [0.3, 0.4) is 0 Å². The molecule has 0 saturated heterocycles. The number of allylic oxidation sites excluding steroid dienone is 2. The zero-order valence-electron chi connectivity index (χ0n) is 8.20. The Bertz CT molecular complexity index is 405. The molecule has 0 saturated carbocycles. The first-order valence-corrected chi connectivity index (χ1v) is 6.02. The van der Waals surface area contributed by atoms with E-state index in [9.17, 15) is 0 Å². The molecule has 2 bridgehead atoms. The van der Waals surface area contributed by atoms with Crippen molar-refractivity contribution < 1.29 is 0 Å². The number of rotatable bonds is 0. The van der Waals surface area contributed by atoms with E-state index in [0.29, 0.717) is 11.8 Å². The quantitative estimate of drug-likeness (QED) is 0.646. The van der Waals surface area contributed by atoms with Crippen LogP contribution < -0.4 is 0 Å². The van der Waals surface area contributed by atoms with Crippen LogP contribution in [-0.2, 0) is 0 Å². The highest BCUT2D eigenvalue weighted by atomic mass is 79.9. The minimum Gasteiger partial charge on any atom is -0.0665 e. The van der Waals surface area contributed by atoms with Crippen LogP contribution >= 0.6 is 15.9 Å². The molecule has 0 aromatic heterocycles. The third-order valence-electron chi connectivity index (χ3n) is 3.70. The fraction of sp³-hybridized carbons (Fsp3) is 0.385. The molecule has 0 nitrogen and oxygen atoms in total. The molecule has 1 aromatic rings. The van der Waals surface area contributed by atoms with Gasteiger partial charge < -0.3 is 0 Å². The molecule has 1 heteroatoms. The number of fused-ring (bicyclic) bond motifs is 5. The van der Waals surface area contributed by atoms with Crippen LogP contribution in [0.15, 0.2) is 34.8 Å². The van der Waals surface area contributed by atoms with Gasteiger partial charge in [-0.25, -0.2) is 0 Å². The van der Waals surface area contributed by atoms with Crippen molar-refractivity contribution in [1.82, 2.24) is 0 Å². The Morgan fingerprint density at radius 1 is 1.21 bits per heavy atom. The van der Waals surface area contributed by atoms with Crippen molar-refractivity contribution in [2.75, 3.05) is 0 Å². The Balaban J connectivity index is 2.18. The van der Waals surface area contributed by atoms with Gasteiger partial charge >= 0.3 is 0 Å². The first-order chi connectivity index (χ1) is 6.77. The van der Waals surface area contributed by atoms with Crippen molar-refractivity contribution in [3.63, 3.8) is 0 Å². The molecule has 2 aliphatic rings. The first kappa shape index (κ1) is 8.72. The average Bonchev–Trinajstić information content (AvgIpc) is 2.52. The summed E-state index contributed by atoms with van der Waals surface area (Å²) in [5, 5.41) is 0. The van der Waals surface area contributed by atoms with E-state index >= 15 is 0 Å². The summed E-state index contributed by atoms with van der Waals surface area (Å²) in [5.74, 6) is 2.08. The van der Waals surface area contributed by atoms with Gasteiger partial charge in [-0.15, -0.1) is 0 Å². The summed E-state index contributed by atoms with van der Waals surface area (Å²) in [7, 11) is 0. The molecule has 0 amide bonds. The molecular formula is C13H13Br. The van der Waals surface area contributed by atoms with Gasteiger partial charge in [0.15, 0.2) is 0 Å². The highest BCUT2D eigenvalue weighted by molar-refractivity contribution is 9.11. The highest BCUT2D eigenvalue weighted by Gasteiger charge is 2.37. The van der Waals surface area contributed by atoms with Crippen LogP contribution in [0.25, 0.3) is 0 Å². The normalized spacial score (nSPS) is 33.9. The van der Waals surface area contributed by atoms with Gasteiger partial charge in [0.2, 0.25) is 0 Å². The van der Waals surface area contributed by atoms with Gasteiger partial charge in [-0.2, -0.15) is 0 Å². The summed E-state index contributed by atoms with van der Waals surface area (Å²) < 4.78 is 1.40.